The number of halogens is 1. The summed E-state index contributed by atoms with van der Waals surface area (Å²) in [6, 6.07) is 0. The molecule has 1 atom stereocenters. The third-order valence-corrected chi connectivity index (χ3v) is 4.81. The molecule has 90 valence electrons. The second kappa shape index (κ2) is 6.24. The van der Waals surface area contributed by atoms with Gasteiger partial charge in [-0.3, -0.25) is 0 Å². The zero-order valence-electron chi connectivity index (χ0n) is 10.4. The zero-order valence-corrected chi connectivity index (χ0v) is 12.0. The van der Waals surface area contributed by atoms with Crippen molar-refractivity contribution >= 4 is 15.9 Å². The van der Waals surface area contributed by atoms with Gasteiger partial charge >= 0.3 is 0 Å². The van der Waals surface area contributed by atoms with Gasteiger partial charge in [-0.05, 0) is 42.9 Å². The van der Waals surface area contributed by atoms with Gasteiger partial charge in [-0.2, -0.15) is 0 Å². The molecule has 1 nitrogen and oxygen atoms in total. The molecule has 0 N–H and O–H groups in total. The van der Waals surface area contributed by atoms with E-state index in [2.05, 4.69) is 36.7 Å². The lowest BCUT2D eigenvalue weighted by atomic mass is 9.84. The van der Waals surface area contributed by atoms with Crippen molar-refractivity contribution in [3.63, 3.8) is 0 Å². The maximum atomic E-state index is 5.70. The molecule has 0 spiro atoms. The maximum absolute atomic E-state index is 5.70. The highest BCUT2D eigenvalue weighted by molar-refractivity contribution is 9.09. The predicted octanol–water partition coefficient (Wildman–Crippen LogP) is 4.25. The molecule has 0 heterocycles. The Hall–Kier alpha value is 0.440. The quantitative estimate of drug-likeness (QED) is 0.476. The van der Waals surface area contributed by atoms with Crippen LogP contribution in [0.5, 0.6) is 0 Å². The highest BCUT2D eigenvalue weighted by atomic mass is 79.9. The standard InChI is InChI=1S/C13H25BrO/c1-11(2)6-8-15-9-7-13(3,10-14)12-4-5-12/h11-12H,4-10H2,1-3H3. The first-order valence-electron chi connectivity index (χ1n) is 6.22. The van der Waals surface area contributed by atoms with Crippen LogP contribution in [0.4, 0.5) is 0 Å². The summed E-state index contributed by atoms with van der Waals surface area (Å²) in [6.45, 7) is 8.75. The van der Waals surface area contributed by atoms with Crippen LogP contribution >= 0.6 is 15.9 Å². The Morgan fingerprint density at radius 1 is 1.33 bits per heavy atom. The number of rotatable bonds is 8. The average molecular weight is 277 g/mol. The van der Waals surface area contributed by atoms with Crippen LogP contribution in [0.25, 0.3) is 0 Å². The summed E-state index contributed by atoms with van der Waals surface area (Å²) in [5.41, 5.74) is 0.484. The van der Waals surface area contributed by atoms with Gasteiger partial charge in [0.2, 0.25) is 0 Å². The van der Waals surface area contributed by atoms with Crippen molar-refractivity contribution in [2.45, 2.75) is 46.5 Å². The predicted molar refractivity (Wildman–Crippen MR) is 69.5 cm³/mol. The molecule has 15 heavy (non-hydrogen) atoms. The van der Waals surface area contributed by atoms with Gasteiger partial charge in [0.15, 0.2) is 0 Å². The molecule has 0 saturated heterocycles. The summed E-state index contributed by atoms with van der Waals surface area (Å²) in [7, 11) is 0. The second-order valence-electron chi connectivity index (χ2n) is 5.61. The highest BCUT2D eigenvalue weighted by Gasteiger charge is 2.40. The van der Waals surface area contributed by atoms with Crippen LogP contribution < -0.4 is 0 Å². The van der Waals surface area contributed by atoms with Crippen LogP contribution in [-0.4, -0.2) is 18.5 Å². The molecule has 1 fully saturated rings. The van der Waals surface area contributed by atoms with E-state index in [9.17, 15) is 0 Å². The fourth-order valence-electron chi connectivity index (χ4n) is 1.89. The molecular formula is C13H25BrO. The van der Waals surface area contributed by atoms with Crippen LogP contribution in [0.3, 0.4) is 0 Å². The minimum Gasteiger partial charge on any atom is -0.381 e. The van der Waals surface area contributed by atoms with Gasteiger partial charge in [-0.15, -0.1) is 0 Å². The van der Waals surface area contributed by atoms with Crippen LogP contribution in [0.15, 0.2) is 0 Å². The van der Waals surface area contributed by atoms with Crippen molar-refractivity contribution in [1.29, 1.82) is 0 Å². The minimum absolute atomic E-state index is 0.484. The Morgan fingerprint density at radius 2 is 2.00 bits per heavy atom. The second-order valence-corrected chi connectivity index (χ2v) is 6.17. The van der Waals surface area contributed by atoms with Gasteiger partial charge in [0.1, 0.15) is 0 Å². The van der Waals surface area contributed by atoms with Gasteiger partial charge in [0.05, 0.1) is 0 Å². The number of ether oxygens (including phenoxy) is 1. The van der Waals surface area contributed by atoms with Gasteiger partial charge in [-0.25, -0.2) is 0 Å². The fraction of sp³-hybridized carbons (Fsp3) is 1.00. The number of hydrogen-bond donors (Lipinski definition) is 0. The molecule has 1 unspecified atom stereocenters. The topological polar surface area (TPSA) is 9.23 Å². The van der Waals surface area contributed by atoms with Crippen LogP contribution in [-0.2, 0) is 4.74 Å². The lowest BCUT2D eigenvalue weighted by Crippen LogP contribution is -2.23. The first-order valence-corrected chi connectivity index (χ1v) is 7.34. The first-order chi connectivity index (χ1) is 7.08. The molecule has 1 aliphatic carbocycles. The fourth-order valence-corrected chi connectivity index (χ4v) is 2.62. The van der Waals surface area contributed by atoms with Gasteiger partial charge in [0.25, 0.3) is 0 Å². The summed E-state index contributed by atoms with van der Waals surface area (Å²) < 4.78 is 5.70. The molecule has 0 aliphatic heterocycles. The molecule has 0 aromatic heterocycles. The van der Waals surface area contributed by atoms with Gasteiger partial charge in [0, 0.05) is 18.5 Å². The van der Waals surface area contributed by atoms with E-state index >= 15 is 0 Å². The van der Waals surface area contributed by atoms with Crippen molar-refractivity contribution in [3.05, 3.63) is 0 Å². The van der Waals surface area contributed by atoms with E-state index in [1.165, 1.54) is 25.7 Å². The summed E-state index contributed by atoms with van der Waals surface area (Å²) in [5, 5.41) is 1.12. The van der Waals surface area contributed by atoms with E-state index in [1.807, 2.05) is 0 Å². The molecule has 1 saturated carbocycles. The Balaban J connectivity index is 2.07. The average Bonchev–Trinajstić information content (AvgIpc) is 3.00. The summed E-state index contributed by atoms with van der Waals surface area (Å²) in [4.78, 5) is 0. The molecule has 0 radical (unpaired) electrons. The van der Waals surface area contributed by atoms with E-state index in [-0.39, 0.29) is 0 Å². The van der Waals surface area contributed by atoms with Crippen molar-refractivity contribution in [1.82, 2.24) is 0 Å². The summed E-state index contributed by atoms with van der Waals surface area (Å²) in [5.74, 6) is 1.71. The van der Waals surface area contributed by atoms with Crippen LogP contribution in [0, 0.1) is 17.3 Å². The number of alkyl halides is 1. The molecule has 0 aromatic carbocycles. The zero-order chi connectivity index (χ0) is 11.3. The van der Waals surface area contributed by atoms with Crippen molar-refractivity contribution in [3.8, 4) is 0 Å². The Labute approximate surface area is 103 Å². The largest absolute Gasteiger partial charge is 0.381 e. The van der Waals surface area contributed by atoms with E-state index in [1.54, 1.807) is 0 Å². The molecule has 1 aliphatic rings. The van der Waals surface area contributed by atoms with Crippen molar-refractivity contribution in [2.75, 3.05) is 18.5 Å². The van der Waals surface area contributed by atoms with E-state index < -0.39 is 0 Å². The first kappa shape index (κ1) is 13.5. The molecule has 0 aromatic rings. The third kappa shape index (κ3) is 4.86. The lowest BCUT2D eigenvalue weighted by molar-refractivity contribution is 0.0915. The summed E-state index contributed by atoms with van der Waals surface area (Å²) >= 11 is 3.65. The normalized spacial score (nSPS) is 20.6. The minimum atomic E-state index is 0.484. The lowest BCUT2D eigenvalue weighted by Gasteiger charge is -2.27. The maximum Gasteiger partial charge on any atom is 0.0471 e. The van der Waals surface area contributed by atoms with Crippen molar-refractivity contribution < 1.29 is 4.74 Å². The van der Waals surface area contributed by atoms with Crippen LogP contribution in [0.2, 0.25) is 0 Å². The third-order valence-electron chi connectivity index (χ3n) is 3.53. The summed E-state index contributed by atoms with van der Waals surface area (Å²) in [6.07, 6.45) is 5.25. The highest BCUT2D eigenvalue weighted by Crippen LogP contribution is 2.48. The van der Waals surface area contributed by atoms with Gasteiger partial charge in [-0.1, -0.05) is 36.7 Å². The Kier molecular flexibility index (Phi) is 5.62. The molecule has 1 rings (SSSR count). The smallest absolute Gasteiger partial charge is 0.0471 e. The molecule has 0 bridgehead atoms. The van der Waals surface area contributed by atoms with E-state index in [0.29, 0.717) is 5.41 Å². The Morgan fingerprint density at radius 3 is 2.47 bits per heavy atom. The Bertz CT molecular complexity index is 177. The van der Waals surface area contributed by atoms with E-state index in [0.717, 1.165) is 30.4 Å². The number of hydrogen-bond acceptors (Lipinski definition) is 1. The molecular weight excluding hydrogens is 252 g/mol. The SMILES string of the molecule is CC(C)CCOCCC(C)(CBr)C1CC1. The monoisotopic (exact) mass is 276 g/mol. The van der Waals surface area contributed by atoms with Gasteiger partial charge < -0.3 is 4.74 Å². The van der Waals surface area contributed by atoms with E-state index in [4.69, 9.17) is 4.74 Å². The van der Waals surface area contributed by atoms with Crippen LogP contribution in [0.1, 0.15) is 46.5 Å². The van der Waals surface area contributed by atoms with Crippen molar-refractivity contribution in [2.24, 2.45) is 17.3 Å². The molecule has 0 amide bonds. The molecule has 2 heteroatoms.